The van der Waals surface area contributed by atoms with Crippen molar-refractivity contribution in [2.75, 3.05) is 53.9 Å². The fourth-order valence-corrected chi connectivity index (χ4v) is 5.85. The highest BCUT2D eigenvalue weighted by Gasteiger charge is 2.53. The first-order chi connectivity index (χ1) is 18.7. The van der Waals surface area contributed by atoms with Crippen molar-refractivity contribution in [3.63, 3.8) is 0 Å². The predicted octanol–water partition coefficient (Wildman–Crippen LogP) is 2.55. The first-order valence-electron chi connectivity index (χ1n) is 14.4. The number of hydrogen-bond acceptors (Lipinski definition) is 7. The van der Waals surface area contributed by atoms with Gasteiger partial charge in [0.2, 0.25) is 0 Å². The van der Waals surface area contributed by atoms with Crippen molar-refractivity contribution >= 4 is 12.1 Å². The van der Waals surface area contributed by atoms with E-state index in [0.717, 1.165) is 31.2 Å². The van der Waals surface area contributed by atoms with Gasteiger partial charge in [-0.1, -0.05) is 43.7 Å². The minimum absolute atomic E-state index is 0.0932. The number of unbranched alkanes of at least 4 members (excludes halogenated alkanes) is 1. The van der Waals surface area contributed by atoms with Crippen LogP contribution < -0.4 is 5.32 Å². The topological polar surface area (TPSA) is 104 Å². The number of fused-ring (bicyclic) bond motifs is 2. The summed E-state index contributed by atoms with van der Waals surface area (Å²) in [7, 11) is 5.70. The van der Waals surface area contributed by atoms with Gasteiger partial charge >= 0.3 is 12.1 Å². The van der Waals surface area contributed by atoms with Crippen LogP contribution >= 0.6 is 0 Å². The highest BCUT2D eigenvalue weighted by Crippen LogP contribution is 2.46. The van der Waals surface area contributed by atoms with E-state index in [2.05, 4.69) is 12.2 Å². The Morgan fingerprint density at radius 3 is 2.59 bits per heavy atom. The summed E-state index contributed by atoms with van der Waals surface area (Å²) in [6.07, 6.45) is 1.80. The van der Waals surface area contributed by atoms with E-state index in [1.54, 1.807) is 16.8 Å². The number of urea groups is 1. The molecule has 0 radical (unpaired) electrons. The SMILES string of the molecule is CCCCN(C)C(=O)N(CCN(C)C)C[C@@H](O)[C@H](Cc1ccccc1)NC(=O)OC1C2COC3OC1CC3C2. The maximum absolute atomic E-state index is 13.3. The molecule has 2 heterocycles. The first kappa shape index (κ1) is 29.6. The zero-order valence-corrected chi connectivity index (χ0v) is 23.8. The van der Waals surface area contributed by atoms with E-state index in [9.17, 15) is 14.7 Å². The minimum atomic E-state index is -0.999. The van der Waals surface area contributed by atoms with Crippen LogP contribution in [0.25, 0.3) is 0 Å². The predicted molar refractivity (Wildman–Crippen MR) is 147 cm³/mol. The number of likely N-dealkylation sites (N-methyl/N-ethyl adjacent to an activating group) is 1. The zero-order valence-electron chi connectivity index (χ0n) is 23.8. The lowest BCUT2D eigenvalue weighted by molar-refractivity contribution is -0.153. The van der Waals surface area contributed by atoms with Gasteiger partial charge < -0.3 is 39.3 Å². The lowest BCUT2D eigenvalue weighted by Gasteiger charge is -2.37. The normalized spacial score (nSPS) is 26.8. The number of carbonyl (C=O) groups is 2. The van der Waals surface area contributed by atoms with Crippen LogP contribution in [0.2, 0.25) is 0 Å². The maximum Gasteiger partial charge on any atom is 0.407 e. The van der Waals surface area contributed by atoms with Crippen LogP contribution in [-0.4, -0.2) is 117 Å². The van der Waals surface area contributed by atoms with Crippen molar-refractivity contribution < 1.29 is 28.9 Å². The minimum Gasteiger partial charge on any atom is -0.443 e. The maximum atomic E-state index is 13.3. The third-order valence-corrected chi connectivity index (χ3v) is 8.12. The number of nitrogens with zero attached hydrogens (tertiary/aromatic N) is 3. The van der Waals surface area contributed by atoms with Gasteiger partial charge in [0.25, 0.3) is 0 Å². The van der Waals surface area contributed by atoms with Crippen LogP contribution in [0.15, 0.2) is 30.3 Å². The van der Waals surface area contributed by atoms with Crippen LogP contribution in [0.5, 0.6) is 0 Å². The fraction of sp³-hybridized carbons (Fsp3) is 0.724. The van der Waals surface area contributed by atoms with Gasteiger partial charge in [0.15, 0.2) is 6.29 Å². The molecule has 39 heavy (non-hydrogen) atoms. The van der Waals surface area contributed by atoms with Crippen molar-refractivity contribution in [3.05, 3.63) is 35.9 Å². The molecule has 1 aromatic rings. The molecule has 218 valence electrons. The third kappa shape index (κ3) is 7.84. The Morgan fingerprint density at radius 1 is 1.10 bits per heavy atom. The molecule has 2 aliphatic heterocycles. The summed E-state index contributed by atoms with van der Waals surface area (Å²) in [6.45, 7) is 4.49. The van der Waals surface area contributed by atoms with Gasteiger partial charge in [-0.2, -0.15) is 0 Å². The monoisotopic (exact) mass is 546 g/mol. The highest BCUT2D eigenvalue weighted by atomic mass is 16.7. The Bertz CT molecular complexity index is 926. The lowest BCUT2D eigenvalue weighted by atomic mass is 9.78. The highest BCUT2D eigenvalue weighted by molar-refractivity contribution is 5.74. The van der Waals surface area contributed by atoms with Gasteiger partial charge in [0.05, 0.1) is 31.4 Å². The standard InChI is InChI=1S/C29H46N4O6/c1-5-6-12-32(4)29(36)33(14-13-31(2)3)18-24(34)23(15-20-10-8-7-9-11-20)30-28(35)39-26-22-16-21-17-25(26)38-27(21)37-19-22/h7-11,21-27,34H,5-6,12-19H2,1-4H3,(H,30,35)/t21?,22?,23-,24+,25?,26?,27?/m0/s1. The Kier molecular flexibility index (Phi) is 10.5. The average Bonchev–Trinajstić information content (AvgIpc) is 3.22. The molecule has 0 aromatic heterocycles. The Morgan fingerprint density at radius 2 is 1.87 bits per heavy atom. The number of rotatable bonds is 13. The molecule has 10 heteroatoms. The molecule has 3 bridgehead atoms. The summed E-state index contributed by atoms with van der Waals surface area (Å²) in [5.41, 5.74) is 0.972. The van der Waals surface area contributed by atoms with Crippen LogP contribution in [-0.2, 0) is 20.6 Å². The Balaban J connectivity index is 1.44. The number of alkyl carbamates (subject to hydrolysis) is 1. The van der Waals surface area contributed by atoms with Crippen molar-refractivity contribution in [2.45, 2.75) is 69.7 Å². The molecule has 1 saturated carbocycles. The van der Waals surface area contributed by atoms with Crippen LogP contribution in [0.4, 0.5) is 9.59 Å². The summed E-state index contributed by atoms with van der Waals surface area (Å²) in [5.74, 6) is 0.499. The number of aliphatic hydroxyl groups excluding tert-OH is 1. The van der Waals surface area contributed by atoms with Crippen molar-refractivity contribution in [1.82, 2.24) is 20.0 Å². The molecule has 3 fully saturated rings. The molecule has 2 saturated heterocycles. The number of hydrogen-bond donors (Lipinski definition) is 2. The second-order valence-electron chi connectivity index (χ2n) is 11.6. The Hall–Kier alpha value is -2.40. The molecule has 7 atom stereocenters. The molecule has 5 unspecified atom stereocenters. The summed E-state index contributed by atoms with van der Waals surface area (Å²) in [4.78, 5) is 31.9. The van der Waals surface area contributed by atoms with Crippen LogP contribution in [0.3, 0.4) is 0 Å². The van der Waals surface area contributed by atoms with Gasteiger partial charge in [-0.25, -0.2) is 9.59 Å². The summed E-state index contributed by atoms with van der Waals surface area (Å²) >= 11 is 0. The fourth-order valence-electron chi connectivity index (χ4n) is 5.85. The molecule has 10 nitrogen and oxygen atoms in total. The van der Waals surface area contributed by atoms with E-state index >= 15 is 0 Å². The number of carbonyl (C=O) groups excluding carboxylic acids is 2. The molecule has 0 spiro atoms. The summed E-state index contributed by atoms with van der Waals surface area (Å²) in [5, 5.41) is 14.4. The molecule has 3 amide bonds. The molecule has 2 N–H and O–H groups in total. The summed E-state index contributed by atoms with van der Waals surface area (Å²) in [6, 6.07) is 8.94. The second kappa shape index (κ2) is 13.8. The second-order valence-corrected chi connectivity index (χ2v) is 11.6. The van der Waals surface area contributed by atoms with Gasteiger partial charge in [0.1, 0.15) is 6.10 Å². The number of amides is 3. The van der Waals surface area contributed by atoms with Crippen molar-refractivity contribution in [3.8, 4) is 0 Å². The van der Waals surface area contributed by atoms with Gasteiger partial charge in [-0.3, -0.25) is 0 Å². The lowest BCUT2D eigenvalue weighted by Crippen LogP contribution is -2.54. The average molecular weight is 547 g/mol. The Labute approximate surface area is 232 Å². The van der Waals surface area contributed by atoms with Crippen molar-refractivity contribution in [2.24, 2.45) is 11.8 Å². The van der Waals surface area contributed by atoms with E-state index < -0.39 is 18.2 Å². The van der Waals surface area contributed by atoms with E-state index in [4.69, 9.17) is 14.2 Å². The van der Waals surface area contributed by atoms with Crippen LogP contribution in [0.1, 0.15) is 38.2 Å². The molecule has 4 rings (SSSR count). The molecule has 3 aliphatic rings. The van der Waals surface area contributed by atoms with Gasteiger partial charge in [0, 0.05) is 38.5 Å². The van der Waals surface area contributed by atoms with E-state index in [1.165, 1.54) is 0 Å². The molecule has 1 aliphatic carbocycles. The van der Waals surface area contributed by atoms with Crippen LogP contribution in [0, 0.1) is 11.8 Å². The third-order valence-electron chi connectivity index (χ3n) is 8.12. The molecular formula is C29H46N4O6. The molecular weight excluding hydrogens is 500 g/mol. The number of ether oxygens (including phenoxy) is 3. The number of benzene rings is 1. The number of nitrogens with one attached hydrogen (secondary N) is 1. The zero-order chi connectivity index (χ0) is 27.9. The van der Waals surface area contributed by atoms with Gasteiger partial charge in [-0.15, -0.1) is 0 Å². The quantitative estimate of drug-likeness (QED) is 0.392. The van der Waals surface area contributed by atoms with E-state index in [-0.39, 0.29) is 37.0 Å². The van der Waals surface area contributed by atoms with E-state index in [0.29, 0.717) is 38.6 Å². The van der Waals surface area contributed by atoms with Crippen molar-refractivity contribution in [1.29, 1.82) is 0 Å². The molecule has 1 aromatic carbocycles. The first-order valence-corrected chi connectivity index (χ1v) is 14.4. The largest absolute Gasteiger partial charge is 0.443 e. The number of aliphatic hydroxyl groups is 1. The smallest absolute Gasteiger partial charge is 0.407 e. The van der Waals surface area contributed by atoms with Gasteiger partial charge in [-0.05, 0) is 45.3 Å². The summed E-state index contributed by atoms with van der Waals surface area (Å²) < 4.78 is 17.7. The van der Waals surface area contributed by atoms with E-state index in [1.807, 2.05) is 49.3 Å².